The largest absolute Gasteiger partial charge is 0.389 e. The third-order valence-corrected chi connectivity index (χ3v) is 2.26. The van der Waals surface area contributed by atoms with Crippen molar-refractivity contribution in [1.82, 2.24) is 4.90 Å². The van der Waals surface area contributed by atoms with Crippen molar-refractivity contribution in [3.8, 4) is 6.07 Å². The molecule has 1 atom stereocenters. The van der Waals surface area contributed by atoms with Gasteiger partial charge in [0.05, 0.1) is 25.3 Å². The third kappa shape index (κ3) is 8.66. The van der Waals surface area contributed by atoms with Crippen LogP contribution >= 0.6 is 0 Å². The Balaban J connectivity index is 3.64. The van der Waals surface area contributed by atoms with Crippen LogP contribution in [0.4, 0.5) is 0 Å². The lowest BCUT2D eigenvalue weighted by Gasteiger charge is -2.21. The Morgan fingerprint density at radius 2 is 2.12 bits per heavy atom. The summed E-state index contributed by atoms with van der Waals surface area (Å²) in [7, 11) is 0. The van der Waals surface area contributed by atoms with Gasteiger partial charge in [0.25, 0.3) is 0 Å². The summed E-state index contributed by atoms with van der Waals surface area (Å²) < 4.78 is 5.33. The average Bonchev–Trinajstić information content (AvgIpc) is 2.25. The summed E-state index contributed by atoms with van der Waals surface area (Å²) in [5.74, 6) is 0. The van der Waals surface area contributed by atoms with Crippen molar-refractivity contribution in [3.05, 3.63) is 0 Å². The maximum absolute atomic E-state index is 9.70. The van der Waals surface area contributed by atoms with Crippen molar-refractivity contribution in [2.75, 3.05) is 32.8 Å². The first kappa shape index (κ1) is 15.4. The van der Waals surface area contributed by atoms with E-state index in [0.29, 0.717) is 26.3 Å². The van der Waals surface area contributed by atoms with Crippen molar-refractivity contribution >= 4 is 0 Å². The van der Waals surface area contributed by atoms with Gasteiger partial charge in [0.15, 0.2) is 0 Å². The van der Waals surface area contributed by atoms with Crippen LogP contribution in [0.25, 0.3) is 0 Å². The molecule has 4 heteroatoms. The molecule has 16 heavy (non-hydrogen) atoms. The molecule has 94 valence electrons. The molecule has 0 saturated carbocycles. The van der Waals surface area contributed by atoms with Crippen LogP contribution in [0, 0.1) is 11.3 Å². The van der Waals surface area contributed by atoms with Gasteiger partial charge in [-0.15, -0.1) is 0 Å². The molecule has 0 aliphatic carbocycles. The fourth-order valence-electron chi connectivity index (χ4n) is 1.47. The summed E-state index contributed by atoms with van der Waals surface area (Å²) in [6, 6.07) is 2.11. The van der Waals surface area contributed by atoms with Crippen molar-refractivity contribution in [2.24, 2.45) is 0 Å². The molecule has 0 aromatic heterocycles. The standard InChI is InChI=1S/C12H24N2O2/c1-3-5-9-16-11-12(15)10-14(7-4-2)8-6-13/h12,15H,3-5,7-11H2,1-2H3. The summed E-state index contributed by atoms with van der Waals surface area (Å²) in [4.78, 5) is 1.95. The first-order valence-electron chi connectivity index (χ1n) is 6.09. The van der Waals surface area contributed by atoms with Crippen LogP contribution in [0.5, 0.6) is 0 Å². The summed E-state index contributed by atoms with van der Waals surface area (Å²) in [6.07, 6.45) is 2.64. The van der Waals surface area contributed by atoms with Crippen LogP contribution in [0.3, 0.4) is 0 Å². The van der Waals surface area contributed by atoms with E-state index in [4.69, 9.17) is 10.00 Å². The Hall–Kier alpha value is -0.630. The van der Waals surface area contributed by atoms with Gasteiger partial charge in [-0.2, -0.15) is 5.26 Å². The zero-order chi connectivity index (χ0) is 12.2. The predicted molar refractivity (Wildman–Crippen MR) is 64.1 cm³/mol. The van der Waals surface area contributed by atoms with E-state index in [-0.39, 0.29) is 0 Å². The summed E-state index contributed by atoms with van der Waals surface area (Å²) in [5.41, 5.74) is 0. The van der Waals surface area contributed by atoms with Gasteiger partial charge in [0.2, 0.25) is 0 Å². The maximum atomic E-state index is 9.70. The van der Waals surface area contributed by atoms with Gasteiger partial charge in [-0.05, 0) is 19.4 Å². The fraction of sp³-hybridized carbons (Fsp3) is 0.917. The summed E-state index contributed by atoms with van der Waals surface area (Å²) in [6.45, 7) is 6.99. The van der Waals surface area contributed by atoms with E-state index in [9.17, 15) is 5.11 Å². The minimum absolute atomic E-state index is 0.367. The van der Waals surface area contributed by atoms with Crippen molar-refractivity contribution in [2.45, 2.75) is 39.2 Å². The monoisotopic (exact) mass is 228 g/mol. The van der Waals surface area contributed by atoms with Gasteiger partial charge >= 0.3 is 0 Å². The smallest absolute Gasteiger partial charge is 0.0900 e. The molecule has 0 aliphatic heterocycles. The summed E-state index contributed by atoms with van der Waals surface area (Å²) in [5, 5.41) is 18.3. The highest BCUT2D eigenvalue weighted by molar-refractivity contribution is 4.77. The summed E-state index contributed by atoms with van der Waals surface area (Å²) >= 11 is 0. The van der Waals surface area contributed by atoms with Crippen LogP contribution < -0.4 is 0 Å². The zero-order valence-electron chi connectivity index (χ0n) is 10.5. The topological polar surface area (TPSA) is 56.5 Å². The number of aliphatic hydroxyl groups excluding tert-OH is 1. The van der Waals surface area contributed by atoms with E-state index >= 15 is 0 Å². The molecule has 0 fully saturated rings. The van der Waals surface area contributed by atoms with Crippen molar-refractivity contribution < 1.29 is 9.84 Å². The maximum Gasteiger partial charge on any atom is 0.0900 e. The van der Waals surface area contributed by atoms with Gasteiger partial charge < -0.3 is 9.84 Å². The van der Waals surface area contributed by atoms with E-state index in [1.165, 1.54) is 0 Å². The fourth-order valence-corrected chi connectivity index (χ4v) is 1.47. The molecule has 0 rings (SSSR count). The number of rotatable bonds is 10. The van der Waals surface area contributed by atoms with Gasteiger partial charge in [0, 0.05) is 13.2 Å². The SMILES string of the molecule is CCCCOCC(O)CN(CC#N)CCC. The quantitative estimate of drug-likeness (QED) is 0.453. The molecule has 0 amide bonds. The van der Waals surface area contributed by atoms with Crippen molar-refractivity contribution in [3.63, 3.8) is 0 Å². The zero-order valence-corrected chi connectivity index (χ0v) is 10.5. The number of nitriles is 1. The highest BCUT2D eigenvalue weighted by Crippen LogP contribution is 1.96. The number of ether oxygens (including phenoxy) is 1. The Morgan fingerprint density at radius 3 is 2.69 bits per heavy atom. The van der Waals surface area contributed by atoms with Gasteiger partial charge in [-0.25, -0.2) is 0 Å². The van der Waals surface area contributed by atoms with Gasteiger partial charge in [-0.3, -0.25) is 4.90 Å². The van der Waals surface area contributed by atoms with Crippen LogP contribution in [0.2, 0.25) is 0 Å². The molecule has 0 radical (unpaired) electrons. The molecular weight excluding hydrogens is 204 g/mol. The Kier molecular flexibility index (Phi) is 10.4. The van der Waals surface area contributed by atoms with Crippen LogP contribution in [0.1, 0.15) is 33.1 Å². The minimum atomic E-state index is -0.489. The second-order valence-electron chi connectivity index (χ2n) is 3.98. The number of nitrogens with zero attached hydrogens (tertiary/aromatic N) is 2. The number of hydrogen-bond donors (Lipinski definition) is 1. The lowest BCUT2D eigenvalue weighted by molar-refractivity contribution is 0.0179. The Morgan fingerprint density at radius 1 is 1.38 bits per heavy atom. The average molecular weight is 228 g/mol. The Bertz CT molecular complexity index is 192. The van der Waals surface area contributed by atoms with E-state index in [1.807, 2.05) is 4.90 Å². The van der Waals surface area contributed by atoms with Crippen LogP contribution in [-0.2, 0) is 4.74 Å². The highest BCUT2D eigenvalue weighted by Gasteiger charge is 2.10. The molecule has 0 spiro atoms. The van der Waals surface area contributed by atoms with Crippen LogP contribution in [-0.4, -0.2) is 49.0 Å². The first-order chi connectivity index (χ1) is 7.74. The molecule has 0 aromatic carbocycles. The van der Waals surface area contributed by atoms with E-state index in [0.717, 1.165) is 25.8 Å². The van der Waals surface area contributed by atoms with E-state index in [1.54, 1.807) is 0 Å². The molecular formula is C12H24N2O2. The lowest BCUT2D eigenvalue weighted by atomic mass is 10.3. The molecule has 0 bridgehead atoms. The van der Waals surface area contributed by atoms with Gasteiger partial charge in [-0.1, -0.05) is 20.3 Å². The molecule has 1 unspecified atom stereocenters. The van der Waals surface area contributed by atoms with E-state index in [2.05, 4.69) is 19.9 Å². The normalized spacial score (nSPS) is 12.7. The van der Waals surface area contributed by atoms with Crippen molar-refractivity contribution in [1.29, 1.82) is 5.26 Å². The molecule has 0 saturated heterocycles. The molecule has 0 heterocycles. The van der Waals surface area contributed by atoms with Crippen LogP contribution in [0.15, 0.2) is 0 Å². The number of aliphatic hydroxyl groups is 1. The van der Waals surface area contributed by atoms with E-state index < -0.39 is 6.10 Å². The third-order valence-electron chi connectivity index (χ3n) is 2.26. The highest BCUT2D eigenvalue weighted by atomic mass is 16.5. The molecule has 4 nitrogen and oxygen atoms in total. The first-order valence-corrected chi connectivity index (χ1v) is 6.09. The molecule has 0 aromatic rings. The van der Waals surface area contributed by atoms with Gasteiger partial charge in [0.1, 0.15) is 0 Å². The Labute approximate surface area is 98.8 Å². The second-order valence-corrected chi connectivity index (χ2v) is 3.98. The predicted octanol–water partition coefficient (Wildman–Crippen LogP) is 1.40. The number of hydrogen-bond acceptors (Lipinski definition) is 4. The minimum Gasteiger partial charge on any atom is -0.389 e. The number of unbranched alkanes of at least 4 members (excludes halogenated alkanes) is 1. The molecule has 1 N–H and O–H groups in total. The molecule has 0 aliphatic rings. The second kappa shape index (κ2) is 10.9. The lowest BCUT2D eigenvalue weighted by Crippen LogP contribution is -2.35.